The number of amides is 2. The number of benzene rings is 2. The van der Waals surface area contributed by atoms with Crippen LogP contribution in [0, 0.1) is 0 Å². The molecule has 2 aromatic carbocycles. The number of morpholine rings is 1. The van der Waals surface area contributed by atoms with Crippen LogP contribution in [0.1, 0.15) is 47.8 Å². The number of nitrogens with zero attached hydrogens (tertiary/aromatic N) is 2. The fourth-order valence-corrected chi connectivity index (χ4v) is 5.36. The number of hydrogen-bond donors (Lipinski definition) is 1. The number of hydrogen-bond acceptors (Lipinski definition) is 6. The summed E-state index contributed by atoms with van der Waals surface area (Å²) >= 11 is 6.39. The quantitative estimate of drug-likeness (QED) is 0.424. The van der Waals surface area contributed by atoms with Crippen LogP contribution in [0.25, 0.3) is 0 Å². The summed E-state index contributed by atoms with van der Waals surface area (Å²) in [7, 11) is 1.52. The molecular weight excluding hydrogens is 506 g/mol. The van der Waals surface area contributed by atoms with E-state index in [4.69, 9.17) is 25.5 Å². The van der Waals surface area contributed by atoms with Crippen molar-refractivity contribution in [3.05, 3.63) is 77.2 Å². The lowest BCUT2D eigenvalue weighted by atomic mass is 10.0. The molecule has 1 N–H and O–H groups in total. The number of halogens is 1. The lowest BCUT2D eigenvalue weighted by molar-refractivity contribution is -0.123. The fourth-order valence-electron chi connectivity index (χ4n) is 5.19. The second-order valence-electron chi connectivity index (χ2n) is 9.55. The van der Waals surface area contributed by atoms with Gasteiger partial charge in [0.1, 0.15) is 11.8 Å². The highest BCUT2D eigenvalue weighted by Gasteiger charge is 2.37. The van der Waals surface area contributed by atoms with Gasteiger partial charge in [-0.2, -0.15) is 0 Å². The number of furan rings is 1. The molecule has 3 aromatic rings. The Morgan fingerprint density at radius 2 is 1.82 bits per heavy atom. The normalized spacial score (nSPS) is 16.7. The van der Waals surface area contributed by atoms with Gasteiger partial charge in [0.05, 0.1) is 32.3 Å². The lowest BCUT2D eigenvalue weighted by Gasteiger charge is -2.33. The zero-order valence-electron chi connectivity index (χ0n) is 21.4. The average molecular weight is 538 g/mol. The van der Waals surface area contributed by atoms with E-state index < -0.39 is 11.9 Å². The first-order valence-corrected chi connectivity index (χ1v) is 13.4. The number of ether oxygens (including phenoxy) is 2. The van der Waals surface area contributed by atoms with Crippen molar-refractivity contribution < 1.29 is 23.5 Å². The van der Waals surface area contributed by atoms with Gasteiger partial charge in [0, 0.05) is 29.8 Å². The Morgan fingerprint density at radius 1 is 1.08 bits per heavy atom. The molecule has 2 fully saturated rings. The lowest BCUT2D eigenvalue weighted by Crippen LogP contribution is -2.46. The first-order chi connectivity index (χ1) is 18.5. The van der Waals surface area contributed by atoms with E-state index in [1.807, 2.05) is 24.3 Å². The highest BCUT2D eigenvalue weighted by Crippen LogP contribution is 2.38. The van der Waals surface area contributed by atoms with Gasteiger partial charge in [-0.05, 0) is 60.9 Å². The molecule has 2 amide bonds. The van der Waals surface area contributed by atoms with Crippen molar-refractivity contribution in [2.45, 2.75) is 37.8 Å². The third kappa shape index (κ3) is 5.66. The highest BCUT2D eigenvalue weighted by molar-refractivity contribution is 6.31. The molecule has 2 heterocycles. The summed E-state index contributed by atoms with van der Waals surface area (Å²) in [6.45, 7) is 2.95. The molecule has 0 bridgehead atoms. The molecule has 1 aromatic heterocycles. The summed E-state index contributed by atoms with van der Waals surface area (Å²) in [4.78, 5) is 31.7. The second kappa shape index (κ2) is 11.9. The van der Waals surface area contributed by atoms with E-state index in [2.05, 4.69) is 10.2 Å². The van der Waals surface area contributed by atoms with E-state index in [9.17, 15) is 9.59 Å². The van der Waals surface area contributed by atoms with Crippen molar-refractivity contribution in [3.8, 4) is 5.75 Å². The first kappa shape index (κ1) is 26.1. The van der Waals surface area contributed by atoms with Crippen LogP contribution in [0.3, 0.4) is 0 Å². The zero-order chi connectivity index (χ0) is 26.5. The van der Waals surface area contributed by atoms with Gasteiger partial charge in [-0.1, -0.05) is 36.6 Å². The highest BCUT2D eigenvalue weighted by atomic mass is 35.5. The van der Waals surface area contributed by atoms with Gasteiger partial charge in [0.2, 0.25) is 5.91 Å². The number of carbonyl (C=O) groups excluding carboxylic acids is 2. The van der Waals surface area contributed by atoms with E-state index in [0.29, 0.717) is 35.2 Å². The summed E-state index contributed by atoms with van der Waals surface area (Å²) in [6, 6.07) is 15.1. The fraction of sp³-hybridized carbons (Fsp3) is 0.379. The number of nitrogens with one attached hydrogen (secondary N) is 1. The van der Waals surface area contributed by atoms with Crippen LogP contribution in [0.4, 0.5) is 11.4 Å². The van der Waals surface area contributed by atoms with Gasteiger partial charge in [-0.15, -0.1) is 0 Å². The van der Waals surface area contributed by atoms with Gasteiger partial charge >= 0.3 is 0 Å². The molecule has 0 radical (unpaired) electrons. The van der Waals surface area contributed by atoms with Crippen LogP contribution in [0.2, 0.25) is 5.02 Å². The first-order valence-electron chi connectivity index (χ1n) is 13.0. The van der Waals surface area contributed by atoms with E-state index >= 15 is 0 Å². The van der Waals surface area contributed by atoms with Crippen molar-refractivity contribution in [2.75, 3.05) is 43.2 Å². The molecule has 9 heteroatoms. The van der Waals surface area contributed by atoms with Crippen molar-refractivity contribution in [2.24, 2.45) is 0 Å². The van der Waals surface area contributed by atoms with Crippen LogP contribution in [0.5, 0.6) is 5.75 Å². The van der Waals surface area contributed by atoms with Crippen molar-refractivity contribution in [1.82, 2.24) is 5.32 Å². The maximum absolute atomic E-state index is 14.0. The Hall–Kier alpha value is -3.49. The summed E-state index contributed by atoms with van der Waals surface area (Å²) < 4.78 is 16.6. The van der Waals surface area contributed by atoms with Gasteiger partial charge < -0.3 is 24.1 Å². The molecule has 1 aliphatic carbocycles. The summed E-state index contributed by atoms with van der Waals surface area (Å²) in [5, 5.41) is 3.61. The molecular formula is C29H32ClN3O5. The minimum Gasteiger partial charge on any atom is -0.495 e. The Labute approximate surface area is 227 Å². The Morgan fingerprint density at radius 3 is 2.47 bits per heavy atom. The van der Waals surface area contributed by atoms with Gasteiger partial charge in [-0.3, -0.25) is 14.5 Å². The molecule has 5 rings (SSSR count). The Balaban J connectivity index is 1.59. The predicted molar refractivity (Wildman–Crippen MR) is 146 cm³/mol. The van der Waals surface area contributed by atoms with E-state index in [1.54, 1.807) is 30.3 Å². The molecule has 1 saturated carbocycles. The summed E-state index contributed by atoms with van der Waals surface area (Å²) in [6.07, 6.45) is 5.41. The summed E-state index contributed by atoms with van der Waals surface area (Å²) in [5.74, 6) is -0.217. The molecule has 1 unspecified atom stereocenters. The van der Waals surface area contributed by atoms with Crippen molar-refractivity contribution in [3.63, 3.8) is 0 Å². The number of carbonyl (C=O) groups is 2. The molecule has 38 heavy (non-hydrogen) atoms. The number of methoxy groups -OCH3 is 1. The van der Waals surface area contributed by atoms with Crippen LogP contribution in [0.15, 0.2) is 65.3 Å². The van der Waals surface area contributed by atoms with E-state index in [-0.39, 0.29) is 17.7 Å². The van der Waals surface area contributed by atoms with Crippen LogP contribution >= 0.6 is 11.6 Å². The molecule has 8 nitrogen and oxygen atoms in total. The largest absolute Gasteiger partial charge is 0.495 e. The summed E-state index contributed by atoms with van der Waals surface area (Å²) in [5.41, 5.74) is 2.08. The van der Waals surface area contributed by atoms with Crippen LogP contribution in [-0.2, 0) is 9.53 Å². The van der Waals surface area contributed by atoms with Crippen LogP contribution in [-0.4, -0.2) is 51.3 Å². The predicted octanol–water partition coefficient (Wildman–Crippen LogP) is 5.23. The molecule has 2 aliphatic rings. The number of anilines is 2. The molecule has 1 atom stereocenters. The Bertz CT molecular complexity index is 1240. The smallest absolute Gasteiger partial charge is 0.295 e. The standard InChI is InChI=1S/C29H32ClN3O5/c1-36-25-13-10-21(30)19-24(25)33(29(35)26-7-4-16-38-26)27(28(34)31-22-5-2-3-6-22)20-8-11-23(12-9-20)32-14-17-37-18-15-32/h4,7-13,16,19,22,27H,2-3,5-6,14-15,17-18H2,1H3,(H,31,34). The minimum atomic E-state index is -0.987. The molecule has 200 valence electrons. The Kier molecular flexibility index (Phi) is 8.20. The monoisotopic (exact) mass is 537 g/mol. The average Bonchev–Trinajstić information content (AvgIpc) is 3.67. The van der Waals surface area contributed by atoms with Gasteiger partial charge in [0.25, 0.3) is 5.91 Å². The van der Waals surface area contributed by atoms with Crippen molar-refractivity contribution >= 4 is 34.8 Å². The maximum Gasteiger partial charge on any atom is 0.295 e. The third-order valence-electron chi connectivity index (χ3n) is 7.14. The maximum atomic E-state index is 14.0. The third-order valence-corrected chi connectivity index (χ3v) is 7.38. The van der Waals surface area contributed by atoms with Gasteiger partial charge in [0.15, 0.2) is 5.76 Å². The topological polar surface area (TPSA) is 84.2 Å². The number of rotatable bonds is 8. The zero-order valence-corrected chi connectivity index (χ0v) is 22.2. The van der Waals surface area contributed by atoms with Crippen LogP contribution < -0.4 is 19.9 Å². The molecule has 0 spiro atoms. The molecule has 1 aliphatic heterocycles. The SMILES string of the molecule is COc1ccc(Cl)cc1N(C(=O)c1ccco1)C(C(=O)NC1CCCC1)c1ccc(N2CCOCC2)cc1. The molecule has 1 saturated heterocycles. The van der Waals surface area contributed by atoms with Crippen molar-refractivity contribution in [1.29, 1.82) is 0 Å². The second-order valence-corrected chi connectivity index (χ2v) is 9.99. The minimum absolute atomic E-state index is 0.0689. The van der Waals surface area contributed by atoms with E-state index in [0.717, 1.165) is 44.5 Å². The van der Waals surface area contributed by atoms with Gasteiger partial charge in [-0.25, -0.2) is 0 Å². The van der Waals surface area contributed by atoms with E-state index in [1.165, 1.54) is 18.3 Å².